The van der Waals surface area contributed by atoms with Crippen molar-refractivity contribution < 1.29 is 17.9 Å². The van der Waals surface area contributed by atoms with Gasteiger partial charge in [-0.1, -0.05) is 29.8 Å². The summed E-state index contributed by atoms with van der Waals surface area (Å²) in [5, 5.41) is 2.91. The van der Waals surface area contributed by atoms with Gasteiger partial charge in [0.05, 0.1) is 22.1 Å². The Labute approximate surface area is 152 Å². The molecule has 25 heavy (non-hydrogen) atoms. The zero-order valence-corrected chi connectivity index (χ0v) is 15.7. The zero-order chi connectivity index (χ0) is 18.6. The first-order valence-corrected chi connectivity index (χ1v) is 9.19. The smallest absolute Gasteiger partial charge is 0.257 e. The quantitative estimate of drug-likeness (QED) is 0.833. The maximum absolute atomic E-state index is 12.6. The molecule has 0 spiro atoms. The van der Waals surface area contributed by atoms with Crippen molar-refractivity contribution in [2.24, 2.45) is 0 Å². The molecule has 0 aliphatic rings. The van der Waals surface area contributed by atoms with Gasteiger partial charge in [0.15, 0.2) is 0 Å². The van der Waals surface area contributed by atoms with E-state index < -0.39 is 15.9 Å². The lowest BCUT2D eigenvalue weighted by atomic mass is 10.1. The molecule has 8 heteroatoms. The molecule has 0 fully saturated rings. The summed E-state index contributed by atoms with van der Waals surface area (Å²) in [6.07, 6.45) is 0. The van der Waals surface area contributed by atoms with Crippen molar-refractivity contribution in [2.45, 2.75) is 11.5 Å². The Morgan fingerprint density at radius 2 is 1.88 bits per heavy atom. The minimum Gasteiger partial charge on any atom is -0.380 e. The molecule has 0 radical (unpaired) electrons. The first-order chi connectivity index (χ1) is 11.8. The average molecular weight is 383 g/mol. The Morgan fingerprint density at radius 1 is 1.20 bits per heavy atom. The first-order valence-electron chi connectivity index (χ1n) is 7.37. The summed E-state index contributed by atoms with van der Waals surface area (Å²) in [7, 11) is 0.739. The fourth-order valence-electron chi connectivity index (χ4n) is 2.16. The molecular formula is C17H19ClN2O4S. The van der Waals surface area contributed by atoms with Crippen LogP contribution < -0.4 is 5.32 Å². The number of ether oxygens (including phenoxy) is 1. The van der Waals surface area contributed by atoms with Gasteiger partial charge in [0.2, 0.25) is 10.0 Å². The molecule has 0 bridgehead atoms. The number of nitrogens with one attached hydrogen (secondary N) is 1. The second-order valence-corrected chi connectivity index (χ2v) is 8.03. The second-order valence-electron chi connectivity index (χ2n) is 5.47. The van der Waals surface area contributed by atoms with Crippen molar-refractivity contribution in [1.82, 2.24) is 4.31 Å². The zero-order valence-electron chi connectivity index (χ0n) is 14.1. The van der Waals surface area contributed by atoms with Gasteiger partial charge in [-0.05, 0) is 24.3 Å². The predicted octanol–water partition coefficient (Wildman–Crippen LogP) is 2.99. The number of anilines is 1. The van der Waals surface area contributed by atoms with Gasteiger partial charge >= 0.3 is 0 Å². The highest BCUT2D eigenvalue weighted by Crippen LogP contribution is 2.24. The maximum atomic E-state index is 12.6. The van der Waals surface area contributed by atoms with Crippen LogP contribution in [0, 0.1) is 0 Å². The molecule has 0 atom stereocenters. The molecule has 2 rings (SSSR count). The topological polar surface area (TPSA) is 75.7 Å². The number of sulfonamides is 1. The summed E-state index contributed by atoms with van der Waals surface area (Å²) in [5.41, 5.74) is 1.45. The molecule has 1 N–H and O–H groups in total. The van der Waals surface area contributed by atoms with Crippen LogP contribution in [0.15, 0.2) is 47.4 Å². The number of hydrogen-bond donors (Lipinski definition) is 1. The molecule has 2 aromatic carbocycles. The summed E-state index contributed by atoms with van der Waals surface area (Å²) in [4.78, 5) is 12.6. The van der Waals surface area contributed by atoms with Gasteiger partial charge in [0, 0.05) is 32.5 Å². The third-order valence-electron chi connectivity index (χ3n) is 3.53. The predicted molar refractivity (Wildman–Crippen MR) is 97.4 cm³/mol. The van der Waals surface area contributed by atoms with E-state index in [-0.39, 0.29) is 15.5 Å². The van der Waals surface area contributed by atoms with E-state index in [1.165, 1.54) is 32.3 Å². The largest absolute Gasteiger partial charge is 0.380 e. The first kappa shape index (κ1) is 19.4. The maximum Gasteiger partial charge on any atom is 0.257 e. The number of rotatable bonds is 6. The van der Waals surface area contributed by atoms with Gasteiger partial charge < -0.3 is 10.1 Å². The number of halogens is 1. The van der Waals surface area contributed by atoms with Crippen LogP contribution in [0.4, 0.5) is 5.69 Å². The van der Waals surface area contributed by atoms with Gasteiger partial charge in [-0.2, -0.15) is 0 Å². The number of nitrogens with zero attached hydrogens (tertiary/aromatic N) is 1. The van der Waals surface area contributed by atoms with Crippen LogP contribution in [0.2, 0.25) is 5.02 Å². The van der Waals surface area contributed by atoms with E-state index in [1.807, 2.05) is 12.1 Å². The summed E-state index contributed by atoms with van der Waals surface area (Å²) >= 11 is 6.09. The second kappa shape index (κ2) is 7.97. The summed E-state index contributed by atoms with van der Waals surface area (Å²) in [5.74, 6) is -0.496. The van der Waals surface area contributed by atoms with E-state index in [4.69, 9.17) is 16.3 Å². The van der Waals surface area contributed by atoms with Gasteiger partial charge in [-0.25, -0.2) is 12.7 Å². The molecule has 0 unspecified atom stereocenters. The normalized spacial score (nSPS) is 11.6. The van der Waals surface area contributed by atoms with Crippen LogP contribution in [0.5, 0.6) is 0 Å². The van der Waals surface area contributed by atoms with Gasteiger partial charge in [0.1, 0.15) is 0 Å². The van der Waals surface area contributed by atoms with E-state index in [9.17, 15) is 13.2 Å². The van der Waals surface area contributed by atoms with Gasteiger partial charge in [-0.15, -0.1) is 0 Å². The average Bonchev–Trinajstić information content (AvgIpc) is 2.56. The number of benzene rings is 2. The highest BCUT2D eigenvalue weighted by molar-refractivity contribution is 7.89. The third-order valence-corrected chi connectivity index (χ3v) is 5.67. The highest BCUT2D eigenvalue weighted by atomic mass is 35.5. The Hall–Kier alpha value is -1.93. The summed E-state index contributed by atoms with van der Waals surface area (Å²) in [6.45, 7) is 0.333. The highest BCUT2D eigenvalue weighted by Gasteiger charge is 2.21. The van der Waals surface area contributed by atoms with E-state index in [2.05, 4.69) is 5.32 Å². The number of hydrogen-bond acceptors (Lipinski definition) is 4. The van der Waals surface area contributed by atoms with E-state index >= 15 is 0 Å². The molecule has 0 aliphatic carbocycles. The minimum absolute atomic E-state index is 0.00257. The fourth-order valence-corrected chi connectivity index (χ4v) is 3.29. The van der Waals surface area contributed by atoms with Crippen molar-refractivity contribution >= 4 is 33.2 Å². The standard InChI is InChI=1S/C17H19ClN2O4S/c1-20(2)25(22,23)13-8-9-15(18)14(10-13)17(21)19-16-7-5-4-6-12(16)11-24-3/h4-10H,11H2,1-3H3,(H,19,21). The van der Waals surface area contributed by atoms with Crippen LogP contribution in [-0.4, -0.2) is 39.8 Å². The van der Waals surface area contributed by atoms with E-state index in [1.54, 1.807) is 19.2 Å². The van der Waals surface area contributed by atoms with Gasteiger partial charge in [0.25, 0.3) is 5.91 Å². The Kier molecular flexibility index (Phi) is 6.18. The minimum atomic E-state index is -3.66. The number of carbonyl (C=O) groups is 1. The van der Waals surface area contributed by atoms with E-state index in [0.717, 1.165) is 9.87 Å². The SMILES string of the molecule is COCc1ccccc1NC(=O)c1cc(S(=O)(=O)N(C)C)ccc1Cl. The molecule has 6 nitrogen and oxygen atoms in total. The van der Waals surface area contributed by atoms with Crippen molar-refractivity contribution in [3.8, 4) is 0 Å². The molecule has 0 heterocycles. The van der Waals surface area contributed by atoms with Crippen molar-refractivity contribution in [3.63, 3.8) is 0 Å². The Bertz CT molecular complexity index is 882. The lowest BCUT2D eigenvalue weighted by molar-refractivity contribution is 0.102. The van der Waals surface area contributed by atoms with Crippen LogP contribution in [0.3, 0.4) is 0 Å². The monoisotopic (exact) mass is 382 g/mol. The van der Waals surface area contributed by atoms with E-state index in [0.29, 0.717) is 12.3 Å². The lowest BCUT2D eigenvalue weighted by Gasteiger charge is -2.14. The lowest BCUT2D eigenvalue weighted by Crippen LogP contribution is -2.23. The molecule has 0 aliphatic heterocycles. The Balaban J connectivity index is 2.37. The molecule has 134 valence electrons. The third kappa shape index (κ3) is 4.38. The van der Waals surface area contributed by atoms with Crippen LogP contribution in [0.25, 0.3) is 0 Å². The van der Waals surface area contributed by atoms with Gasteiger partial charge in [-0.3, -0.25) is 4.79 Å². The molecule has 0 saturated heterocycles. The van der Waals surface area contributed by atoms with Crippen LogP contribution >= 0.6 is 11.6 Å². The fraction of sp³-hybridized carbons (Fsp3) is 0.235. The van der Waals surface area contributed by atoms with Crippen LogP contribution in [0.1, 0.15) is 15.9 Å². The number of amides is 1. The molecule has 2 aromatic rings. The molecule has 0 aromatic heterocycles. The number of para-hydroxylation sites is 1. The Morgan fingerprint density at radius 3 is 2.52 bits per heavy atom. The summed E-state index contributed by atoms with van der Waals surface area (Å²) in [6, 6.07) is 11.2. The number of methoxy groups -OCH3 is 1. The van der Waals surface area contributed by atoms with Crippen molar-refractivity contribution in [1.29, 1.82) is 0 Å². The van der Waals surface area contributed by atoms with Crippen molar-refractivity contribution in [3.05, 3.63) is 58.6 Å². The molecule has 0 saturated carbocycles. The molecule has 1 amide bonds. The van der Waals surface area contributed by atoms with Crippen LogP contribution in [-0.2, 0) is 21.4 Å². The number of carbonyl (C=O) groups excluding carboxylic acids is 1. The molecular weight excluding hydrogens is 364 g/mol. The van der Waals surface area contributed by atoms with Crippen molar-refractivity contribution in [2.75, 3.05) is 26.5 Å². The summed E-state index contributed by atoms with van der Waals surface area (Å²) < 4.78 is 30.7.